The summed E-state index contributed by atoms with van der Waals surface area (Å²) in [6.07, 6.45) is 11.5. The SMILES string of the molecule is CC(C)(C)c1cc(N(C(=O)[C@H]2CC[C@H](C)CC2)[C@H]2CC[C@H](Oc3cc(CN4CCCC4)ccn3)CC2)c(C(=O)O)s1. The Morgan fingerprint density at radius 3 is 2.37 bits per heavy atom. The molecule has 0 atom stereocenters. The number of amides is 1. The highest BCUT2D eigenvalue weighted by Crippen LogP contribution is 2.42. The van der Waals surface area contributed by atoms with Crippen LogP contribution in [0.1, 0.15) is 112 Å². The number of hydrogen-bond acceptors (Lipinski definition) is 6. The summed E-state index contributed by atoms with van der Waals surface area (Å²) >= 11 is 1.32. The van der Waals surface area contributed by atoms with Gasteiger partial charge in [-0.25, -0.2) is 9.78 Å². The van der Waals surface area contributed by atoms with E-state index in [1.54, 1.807) is 0 Å². The van der Waals surface area contributed by atoms with Crippen LogP contribution in [0.5, 0.6) is 5.88 Å². The average molecular weight is 582 g/mol. The first-order valence-electron chi connectivity index (χ1n) is 15.6. The minimum atomic E-state index is -0.951. The molecule has 0 aromatic carbocycles. The third-order valence-corrected chi connectivity index (χ3v) is 10.7. The number of carboxylic acid groups (broad SMARTS) is 1. The summed E-state index contributed by atoms with van der Waals surface area (Å²) in [5.74, 6) is 0.439. The first-order valence-corrected chi connectivity index (χ1v) is 16.4. The van der Waals surface area contributed by atoms with Gasteiger partial charge in [-0.1, -0.05) is 27.7 Å². The molecule has 1 amide bonds. The molecule has 3 aliphatic rings. The van der Waals surface area contributed by atoms with E-state index in [1.807, 2.05) is 17.2 Å². The Morgan fingerprint density at radius 2 is 1.73 bits per heavy atom. The van der Waals surface area contributed by atoms with Crippen molar-refractivity contribution in [2.24, 2.45) is 11.8 Å². The minimum absolute atomic E-state index is 0.0309. The lowest BCUT2D eigenvalue weighted by atomic mass is 9.81. The average Bonchev–Trinajstić information content (AvgIpc) is 3.61. The predicted octanol–water partition coefficient (Wildman–Crippen LogP) is 7.28. The van der Waals surface area contributed by atoms with Crippen molar-refractivity contribution in [3.05, 3.63) is 39.7 Å². The second-order valence-corrected chi connectivity index (χ2v) is 14.6. The number of rotatable bonds is 8. The Labute approximate surface area is 249 Å². The van der Waals surface area contributed by atoms with Crippen LogP contribution in [0.4, 0.5) is 5.69 Å². The molecule has 0 spiro atoms. The maximum Gasteiger partial charge on any atom is 0.348 e. The van der Waals surface area contributed by atoms with Crippen LogP contribution in [-0.4, -0.2) is 52.1 Å². The van der Waals surface area contributed by atoms with Gasteiger partial charge in [0.2, 0.25) is 11.8 Å². The fourth-order valence-electron chi connectivity index (χ4n) is 6.69. The van der Waals surface area contributed by atoms with E-state index in [1.165, 1.54) is 29.7 Å². The van der Waals surface area contributed by atoms with E-state index in [0.717, 1.165) is 75.9 Å². The minimum Gasteiger partial charge on any atom is -0.477 e. The number of ether oxygens (including phenoxy) is 1. The van der Waals surface area contributed by atoms with Gasteiger partial charge in [-0.3, -0.25) is 9.69 Å². The van der Waals surface area contributed by atoms with Crippen LogP contribution in [0.3, 0.4) is 0 Å². The molecule has 0 radical (unpaired) electrons. The molecule has 2 saturated carbocycles. The maximum atomic E-state index is 14.2. The molecule has 41 heavy (non-hydrogen) atoms. The molecule has 1 N–H and O–H groups in total. The van der Waals surface area contributed by atoms with Crippen LogP contribution in [0.15, 0.2) is 24.4 Å². The van der Waals surface area contributed by atoms with E-state index in [2.05, 4.69) is 49.7 Å². The van der Waals surface area contributed by atoms with E-state index in [0.29, 0.717) is 17.5 Å². The van der Waals surface area contributed by atoms with Gasteiger partial charge in [-0.05, 0) is 106 Å². The summed E-state index contributed by atoms with van der Waals surface area (Å²) in [4.78, 5) is 36.8. The second kappa shape index (κ2) is 12.8. The van der Waals surface area contributed by atoms with E-state index in [9.17, 15) is 14.7 Å². The molecule has 8 heteroatoms. The van der Waals surface area contributed by atoms with Gasteiger partial charge < -0.3 is 14.7 Å². The smallest absolute Gasteiger partial charge is 0.348 e. The molecular weight excluding hydrogens is 534 g/mol. The molecule has 1 saturated heterocycles. The Hall–Kier alpha value is -2.45. The zero-order valence-corrected chi connectivity index (χ0v) is 26.0. The van der Waals surface area contributed by atoms with Crippen LogP contribution < -0.4 is 9.64 Å². The van der Waals surface area contributed by atoms with Crippen LogP contribution in [0, 0.1) is 11.8 Å². The fourth-order valence-corrected chi connectivity index (χ4v) is 7.73. The van der Waals surface area contributed by atoms with Crippen molar-refractivity contribution in [1.29, 1.82) is 0 Å². The topological polar surface area (TPSA) is 83.0 Å². The highest BCUT2D eigenvalue weighted by atomic mass is 32.1. The van der Waals surface area contributed by atoms with Crippen LogP contribution in [-0.2, 0) is 16.8 Å². The number of aromatic nitrogens is 1. The molecule has 2 aliphatic carbocycles. The van der Waals surface area contributed by atoms with Crippen molar-refractivity contribution in [2.45, 2.75) is 116 Å². The van der Waals surface area contributed by atoms with Crippen molar-refractivity contribution < 1.29 is 19.4 Å². The number of carboxylic acids is 1. The van der Waals surface area contributed by atoms with Gasteiger partial charge in [0.05, 0.1) is 5.69 Å². The monoisotopic (exact) mass is 581 g/mol. The number of aromatic carboxylic acids is 1. The van der Waals surface area contributed by atoms with E-state index < -0.39 is 5.97 Å². The number of carbonyl (C=O) groups excluding carboxylic acids is 1. The van der Waals surface area contributed by atoms with Gasteiger partial charge in [0.15, 0.2) is 0 Å². The standard InChI is InChI=1S/C33H47N3O4S/c1-22-7-9-24(10-8-22)31(37)36(27-20-28(33(2,3)4)41-30(27)32(38)39)25-11-13-26(14-12-25)40-29-19-23(15-16-34-29)21-35-17-5-6-18-35/h15-16,19-20,22,24-26H,5-14,17-18,21H2,1-4H3,(H,38,39)/t22-,24-,25-,26-. The number of likely N-dealkylation sites (tertiary alicyclic amines) is 1. The Kier molecular flexibility index (Phi) is 9.39. The normalized spacial score (nSPS) is 25.7. The van der Waals surface area contributed by atoms with Crippen LogP contribution in [0.2, 0.25) is 0 Å². The highest BCUT2D eigenvalue weighted by Gasteiger charge is 2.38. The quantitative estimate of drug-likeness (QED) is 0.353. The first kappa shape index (κ1) is 30.0. The number of anilines is 1. The number of pyridine rings is 1. The molecule has 0 unspecified atom stereocenters. The van der Waals surface area contributed by atoms with Gasteiger partial charge in [0.25, 0.3) is 0 Å². The van der Waals surface area contributed by atoms with E-state index >= 15 is 0 Å². The van der Waals surface area contributed by atoms with E-state index in [-0.39, 0.29) is 34.3 Å². The Morgan fingerprint density at radius 1 is 1.05 bits per heavy atom. The molecular formula is C33H47N3O4S. The van der Waals surface area contributed by atoms with Crippen molar-refractivity contribution in [2.75, 3.05) is 18.0 Å². The summed E-state index contributed by atoms with van der Waals surface area (Å²) in [5.41, 5.74) is 1.64. The number of nitrogens with zero attached hydrogens (tertiary/aromatic N) is 3. The van der Waals surface area contributed by atoms with Gasteiger partial charge >= 0.3 is 5.97 Å². The van der Waals surface area contributed by atoms with Crippen LogP contribution in [0.25, 0.3) is 0 Å². The fraction of sp³-hybridized carbons (Fsp3) is 0.667. The van der Waals surface area contributed by atoms with Crippen molar-refractivity contribution >= 4 is 28.9 Å². The summed E-state index contributed by atoms with van der Waals surface area (Å²) in [6, 6.07) is 6.10. The van der Waals surface area contributed by atoms with Crippen LogP contribution >= 0.6 is 11.3 Å². The zero-order valence-electron chi connectivity index (χ0n) is 25.2. The molecule has 5 rings (SSSR count). The lowest BCUT2D eigenvalue weighted by Gasteiger charge is -2.39. The van der Waals surface area contributed by atoms with Gasteiger partial charge in [0.1, 0.15) is 11.0 Å². The lowest BCUT2D eigenvalue weighted by molar-refractivity contribution is -0.124. The molecule has 1 aliphatic heterocycles. The van der Waals surface area contributed by atoms with Crippen molar-refractivity contribution in [3.63, 3.8) is 0 Å². The predicted molar refractivity (Wildman–Crippen MR) is 164 cm³/mol. The van der Waals surface area contributed by atoms with Crippen molar-refractivity contribution in [3.8, 4) is 5.88 Å². The summed E-state index contributed by atoms with van der Waals surface area (Å²) in [7, 11) is 0. The first-order chi connectivity index (χ1) is 19.6. The molecule has 7 nitrogen and oxygen atoms in total. The molecule has 2 aromatic heterocycles. The maximum absolute atomic E-state index is 14.2. The zero-order chi connectivity index (χ0) is 29.1. The number of thiophene rings is 1. The Balaban J connectivity index is 1.32. The Bertz CT molecular complexity index is 1200. The lowest BCUT2D eigenvalue weighted by Crippen LogP contribution is -2.47. The summed E-state index contributed by atoms with van der Waals surface area (Å²) in [6.45, 7) is 11.8. The molecule has 3 heterocycles. The molecule has 0 bridgehead atoms. The summed E-state index contributed by atoms with van der Waals surface area (Å²) < 4.78 is 6.37. The van der Waals surface area contributed by atoms with Gasteiger partial charge in [-0.2, -0.15) is 0 Å². The third kappa shape index (κ3) is 7.31. The van der Waals surface area contributed by atoms with E-state index in [4.69, 9.17) is 4.74 Å². The molecule has 2 aromatic rings. The number of hydrogen-bond donors (Lipinski definition) is 1. The molecule has 3 fully saturated rings. The third-order valence-electron chi connectivity index (χ3n) is 9.21. The second-order valence-electron chi connectivity index (χ2n) is 13.6. The largest absolute Gasteiger partial charge is 0.477 e. The molecule has 224 valence electrons. The highest BCUT2D eigenvalue weighted by molar-refractivity contribution is 7.14. The number of carbonyl (C=O) groups is 2. The van der Waals surface area contributed by atoms with Gasteiger partial charge in [-0.15, -0.1) is 11.3 Å². The van der Waals surface area contributed by atoms with Gasteiger partial charge in [0, 0.05) is 35.6 Å². The summed E-state index contributed by atoms with van der Waals surface area (Å²) in [5, 5.41) is 10.2. The van der Waals surface area contributed by atoms with Crippen molar-refractivity contribution in [1.82, 2.24) is 9.88 Å².